The molecule has 3 nitrogen and oxygen atoms in total. The number of aryl methyl sites for hydroxylation is 2. The van der Waals surface area contributed by atoms with E-state index in [2.05, 4.69) is 56.5 Å². The van der Waals surface area contributed by atoms with Crippen molar-refractivity contribution in [2.45, 2.75) is 32.7 Å². The Morgan fingerprint density at radius 2 is 1.79 bits per heavy atom. The molecular formula is C20H26BrN3. The second-order valence-electron chi connectivity index (χ2n) is 6.09. The molecule has 2 aliphatic rings. The largest absolute Gasteiger partial charge is 0.314 e. The fraction of sp³-hybridized carbons (Fsp3) is 0.450. The van der Waals surface area contributed by atoms with Crippen LogP contribution in [0.3, 0.4) is 0 Å². The standard InChI is InChI=1S/C18H20BrN3.C2H6/c19-15-11-14-6-5-13-3-1-2-4-16(13)18(17(14)21-12-15)22-9-7-20-8-10-22;1-2/h1-4,11-12,18,20H,5-10H2;1-2H3. The van der Waals surface area contributed by atoms with E-state index < -0.39 is 0 Å². The van der Waals surface area contributed by atoms with Crippen LogP contribution in [-0.4, -0.2) is 36.1 Å². The maximum absolute atomic E-state index is 4.83. The van der Waals surface area contributed by atoms with Gasteiger partial charge in [0.05, 0.1) is 11.7 Å². The van der Waals surface area contributed by atoms with Crippen molar-refractivity contribution in [2.75, 3.05) is 26.2 Å². The highest BCUT2D eigenvalue weighted by Crippen LogP contribution is 2.36. The first kappa shape index (κ1) is 17.6. The molecule has 128 valence electrons. The summed E-state index contributed by atoms with van der Waals surface area (Å²) in [6.07, 6.45) is 4.12. The van der Waals surface area contributed by atoms with E-state index in [1.165, 1.54) is 22.4 Å². The number of benzene rings is 1. The van der Waals surface area contributed by atoms with Gasteiger partial charge in [-0.1, -0.05) is 38.1 Å². The van der Waals surface area contributed by atoms with Gasteiger partial charge in [-0.3, -0.25) is 9.88 Å². The Hall–Kier alpha value is -1.23. The molecule has 2 aromatic rings. The predicted octanol–water partition coefficient (Wildman–Crippen LogP) is 3.96. The van der Waals surface area contributed by atoms with E-state index >= 15 is 0 Å². The fourth-order valence-corrected chi connectivity index (χ4v) is 4.07. The summed E-state index contributed by atoms with van der Waals surface area (Å²) in [4.78, 5) is 7.41. The van der Waals surface area contributed by atoms with Crippen LogP contribution in [0.15, 0.2) is 41.0 Å². The normalized spacial score (nSPS) is 20.2. The lowest BCUT2D eigenvalue weighted by atomic mass is 9.96. The van der Waals surface area contributed by atoms with Crippen LogP contribution < -0.4 is 5.32 Å². The SMILES string of the molecule is Brc1cnc2c(c1)CCc1ccccc1C2N1CCNCC1.CC. The first-order valence-electron chi connectivity index (χ1n) is 9.00. The molecule has 1 aliphatic heterocycles. The topological polar surface area (TPSA) is 28.2 Å². The molecule has 2 heterocycles. The van der Waals surface area contributed by atoms with Crippen molar-refractivity contribution < 1.29 is 0 Å². The highest BCUT2D eigenvalue weighted by atomic mass is 79.9. The lowest BCUT2D eigenvalue weighted by Crippen LogP contribution is -2.45. The summed E-state index contributed by atoms with van der Waals surface area (Å²) in [5.41, 5.74) is 5.54. The first-order valence-corrected chi connectivity index (χ1v) is 9.79. The van der Waals surface area contributed by atoms with Gasteiger partial charge in [0.25, 0.3) is 0 Å². The maximum atomic E-state index is 4.83. The number of aromatic nitrogens is 1. The minimum atomic E-state index is 0.295. The highest BCUT2D eigenvalue weighted by Gasteiger charge is 2.30. The van der Waals surface area contributed by atoms with E-state index in [0.717, 1.165) is 43.5 Å². The van der Waals surface area contributed by atoms with E-state index in [1.54, 1.807) is 0 Å². The van der Waals surface area contributed by atoms with Gasteiger partial charge in [0.2, 0.25) is 0 Å². The Morgan fingerprint density at radius 1 is 1.08 bits per heavy atom. The zero-order valence-corrected chi connectivity index (χ0v) is 16.1. The monoisotopic (exact) mass is 387 g/mol. The number of rotatable bonds is 1. The maximum Gasteiger partial charge on any atom is 0.0782 e. The molecule has 0 spiro atoms. The third kappa shape index (κ3) is 3.56. The molecule has 1 aromatic carbocycles. The van der Waals surface area contributed by atoms with E-state index in [1.807, 2.05) is 20.0 Å². The average Bonchev–Trinajstić information content (AvgIpc) is 2.81. The van der Waals surface area contributed by atoms with Crippen molar-refractivity contribution >= 4 is 15.9 Å². The summed E-state index contributed by atoms with van der Waals surface area (Å²) in [5, 5.41) is 3.46. The molecule has 1 fully saturated rings. The van der Waals surface area contributed by atoms with Crippen LogP contribution in [0.1, 0.15) is 42.3 Å². The molecule has 1 aromatic heterocycles. The quantitative estimate of drug-likeness (QED) is 0.802. The zero-order chi connectivity index (χ0) is 16.9. The molecule has 24 heavy (non-hydrogen) atoms. The van der Waals surface area contributed by atoms with Gasteiger partial charge < -0.3 is 5.32 Å². The molecule has 4 rings (SSSR count). The summed E-state index contributed by atoms with van der Waals surface area (Å²) in [5.74, 6) is 0. The lowest BCUT2D eigenvalue weighted by molar-refractivity contribution is 0.195. The van der Waals surface area contributed by atoms with Crippen LogP contribution in [0.2, 0.25) is 0 Å². The smallest absolute Gasteiger partial charge is 0.0782 e. The van der Waals surface area contributed by atoms with Gasteiger partial charge in [-0.05, 0) is 51.5 Å². The third-order valence-corrected chi connectivity index (χ3v) is 5.19. The number of piperazine rings is 1. The summed E-state index contributed by atoms with van der Waals surface area (Å²) < 4.78 is 1.08. The van der Waals surface area contributed by atoms with Crippen LogP contribution in [0.25, 0.3) is 0 Å². The van der Waals surface area contributed by atoms with Crippen molar-refractivity contribution in [3.8, 4) is 0 Å². The van der Waals surface area contributed by atoms with Crippen molar-refractivity contribution in [1.82, 2.24) is 15.2 Å². The molecule has 1 atom stereocenters. The Morgan fingerprint density at radius 3 is 2.58 bits per heavy atom. The Bertz CT molecular complexity index is 680. The average molecular weight is 388 g/mol. The molecule has 0 saturated carbocycles. The van der Waals surface area contributed by atoms with Gasteiger partial charge in [0, 0.05) is 36.8 Å². The number of hydrogen-bond donors (Lipinski definition) is 1. The van der Waals surface area contributed by atoms with Crippen molar-refractivity contribution in [2.24, 2.45) is 0 Å². The number of fused-ring (bicyclic) bond motifs is 2. The van der Waals surface area contributed by atoms with E-state index in [4.69, 9.17) is 4.98 Å². The third-order valence-electron chi connectivity index (χ3n) is 4.76. The van der Waals surface area contributed by atoms with Crippen LogP contribution in [-0.2, 0) is 12.8 Å². The first-order chi connectivity index (χ1) is 11.8. The molecule has 4 heteroatoms. The van der Waals surface area contributed by atoms with Crippen LogP contribution in [0.4, 0.5) is 0 Å². The summed E-state index contributed by atoms with van der Waals surface area (Å²) in [6, 6.07) is 11.4. The predicted molar refractivity (Wildman–Crippen MR) is 103 cm³/mol. The van der Waals surface area contributed by atoms with Gasteiger partial charge in [0.1, 0.15) is 0 Å². The van der Waals surface area contributed by atoms with Crippen molar-refractivity contribution in [3.63, 3.8) is 0 Å². The van der Waals surface area contributed by atoms with Gasteiger partial charge >= 0.3 is 0 Å². The van der Waals surface area contributed by atoms with Gasteiger partial charge in [-0.2, -0.15) is 0 Å². The van der Waals surface area contributed by atoms with E-state index in [-0.39, 0.29) is 0 Å². The van der Waals surface area contributed by atoms with Gasteiger partial charge in [-0.25, -0.2) is 0 Å². The van der Waals surface area contributed by atoms with Crippen molar-refractivity contribution in [3.05, 3.63) is 63.4 Å². The lowest BCUT2D eigenvalue weighted by Gasteiger charge is -2.35. The summed E-state index contributed by atoms with van der Waals surface area (Å²) in [6.45, 7) is 8.28. The minimum absolute atomic E-state index is 0.295. The van der Waals surface area contributed by atoms with Gasteiger partial charge in [0.15, 0.2) is 0 Å². The fourth-order valence-electron chi connectivity index (χ4n) is 3.69. The molecule has 1 unspecified atom stereocenters. The molecule has 1 saturated heterocycles. The van der Waals surface area contributed by atoms with Crippen molar-refractivity contribution in [1.29, 1.82) is 0 Å². The second-order valence-corrected chi connectivity index (χ2v) is 7.00. The van der Waals surface area contributed by atoms with Gasteiger partial charge in [-0.15, -0.1) is 0 Å². The summed E-state index contributed by atoms with van der Waals surface area (Å²) in [7, 11) is 0. The Kier molecular flexibility index (Phi) is 6.04. The Balaban J connectivity index is 0.000000815. The van der Waals surface area contributed by atoms with E-state index in [0.29, 0.717) is 6.04 Å². The van der Waals surface area contributed by atoms with Crippen LogP contribution in [0, 0.1) is 0 Å². The number of pyridine rings is 1. The molecule has 1 aliphatic carbocycles. The molecule has 0 radical (unpaired) electrons. The van der Waals surface area contributed by atoms with Crippen LogP contribution in [0.5, 0.6) is 0 Å². The number of nitrogens with zero attached hydrogens (tertiary/aromatic N) is 2. The number of halogens is 1. The number of hydrogen-bond acceptors (Lipinski definition) is 3. The summed E-state index contributed by atoms with van der Waals surface area (Å²) >= 11 is 3.58. The number of nitrogens with one attached hydrogen (secondary N) is 1. The van der Waals surface area contributed by atoms with E-state index in [9.17, 15) is 0 Å². The van der Waals surface area contributed by atoms with Crippen LogP contribution >= 0.6 is 15.9 Å². The molecule has 0 bridgehead atoms. The second kappa shape index (κ2) is 8.24. The molecule has 1 N–H and O–H groups in total. The minimum Gasteiger partial charge on any atom is -0.314 e. The zero-order valence-electron chi connectivity index (χ0n) is 14.6. The molecular weight excluding hydrogens is 362 g/mol. The molecule has 0 amide bonds. The Labute approximate surface area is 153 Å². The highest BCUT2D eigenvalue weighted by molar-refractivity contribution is 9.10.